The number of rotatable bonds is 7. The van der Waals surface area contributed by atoms with Crippen molar-refractivity contribution in [2.75, 3.05) is 20.2 Å². The van der Waals surface area contributed by atoms with Gasteiger partial charge in [-0.1, -0.05) is 12.1 Å². The van der Waals surface area contributed by atoms with Gasteiger partial charge in [0.1, 0.15) is 5.75 Å². The summed E-state index contributed by atoms with van der Waals surface area (Å²) in [5.41, 5.74) is 7.88. The number of aromatic nitrogens is 1. The van der Waals surface area contributed by atoms with Crippen LogP contribution in [-0.4, -0.2) is 31.1 Å². The van der Waals surface area contributed by atoms with Crippen LogP contribution in [0.5, 0.6) is 5.75 Å². The van der Waals surface area contributed by atoms with Crippen molar-refractivity contribution in [3.8, 4) is 16.9 Å². The zero-order valence-corrected chi connectivity index (χ0v) is 15.2. The average molecular weight is 372 g/mol. The average Bonchev–Trinajstić information content (AvgIpc) is 2.59. The van der Waals surface area contributed by atoms with Crippen molar-refractivity contribution in [2.45, 2.75) is 12.8 Å². The Morgan fingerprint density at radius 1 is 1.12 bits per heavy atom. The summed E-state index contributed by atoms with van der Waals surface area (Å²) in [5.74, 6) is 0.686. The Labute approximate surface area is 154 Å². The molecule has 3 N–H and O–H groups in total. The molecule has 5 nitrogen and oxygen atoms in total. The Morgan fingerprint density at radius 2 is 1.83 bits per heavy atom. The molecule has 0 radical (unpaired) electrons. The van der Waals surface area contributed by atoms with Crippen LogP contribution in [0.3, 0.4) is 0 Å². The first-order chi connectivity index (χ1) is 10.7. The van der Waals surface area contributed by atoms with Crippen LogP contribution < -0.4 is 15.8 Å². The summed E-state index contributed by atoms with van der Waals surface area (Å²) in [4.78, 5) is 16.2. The third-order valence-corrected chi connectivity index (χ3v) is 3.34. The molecule has 0 aliphatic heterocycles. The van der Waals surface area contributed by atoms with Crippen molar-refractivity contribution >= 4 is 30.7 Å². The van der Waals surface area contributed by atoms with E-state index in [-0.39, 0.29) is 30.7 Å². The maximum absolute atomic E-state index is 12.1. The highest BCUT2D eigenvalue weighted by Gasteiger charge is 2.07. The standard InChI is InChI=1S/C17H21N3O2.2ClH/c1-22-16-6-4-13(5-7-16)14-10-15(12-19-11-14)17(21)20-9-3-2-8-18;;/h4-7,10-12H,2-3,8-9,18H2,1H3,(H,20,21);2*1H. The van der Waals surface area contributed by atoms with Gasteiger partial charge in [0.05, 0.1) is 12.7 Å². The van der Waals surface area contributed by atoms with Gasteiger partial charge in [-0.2, -0.15) is 0 Å². The normalized spacial score (nSPS) is 9.42. The van der Waals surface area contributed by atoms with Crippen LogP contribution in [-0.2, 0) is 0 Å². The number of amides is 1. The van der Waals surface area contributed by atoms with Crippen LogP contribution in [0.25, 0.3) is 11.1 Å². The largest absolute Gasteiger partial charge is 0.497 e. The van der Waals surface area contributed by atoms with Gasteiger partial charge in [-0.05, 0) is 43.1 Å². The molecule has 0 unspecified atom stereocenters. The summed E-state index contributed by atoms with van der Waals surface area (Å²) < 4.78 is 5.14. The van der Waals surface area contributed by atoms with E-state index in [1.807, 2.05) is 30.3 Å². The fourth-order valence-electron chi connectivity index (χ4n) is 2.08. The topological polar surface area (TPSA) is 77.2 Å². The molecule has 0 spiro atoms. The minimum atomic E-state index is -0.111. The van der Waals surface area contributed by atoms with Crippen molar-refractivity contribution in [3.63, 3.8) is 0 Å². The van der Waals surface area contributed by atoms with Crippen molar-refractivity contribution in [2.24, 2.45) is 5.73 Å². The molecule has 2 rings (SSSR count). The van der Waals surface area contributed by atoms with E-state index < -0.39 is 0 Å². The second kappa shape index (κ2) is 11.7. The second-order valence-electron chi connectivity index (χ2n) is 4.94. The predicted molar refractivity (Wildman–Crippen MR) is 101 cm³/mol. The van der Waals surface area contributed by atoms with Crippen LogP contribution in [0.2, 0.25) is 0 Å². The number of hydrogen-bond acceptors (Lipinski definition) is 4. The molecule has 1 heterocycles. The Hall–Kier alpha value is -1.82. The SMILES string of the molecule is COc1ccc(-c2cncc(C(=O)NCCCCN)c2)cc1.Cl.Cl. The van der Waals surface area contributed by atoms with E-state index in [0.29, 0.717) is 18.7 Å². The van der Waals surface area contributed by atoms with Crippen LogP contribution in [0.1, 0.15) is 23.2 Å². The number of hydrogen-bond donors (Lipinski definition) is 2. The van der Waals surface area contributed by atoms with Gasteiger partial charge in [-0.15, -0.1) is 24.8 Å². The number of halogens is 2. The zero-order chi connectivity index (χ0) is 15.8. The highest BCUT2D eigenvalue weighted by Crippen LogP contribution is 2.22. The minimum Gasteiger partial charge on any atom is -0.497 e. The molecule has 0 atom stereocenters. The summed E-state index contributed by atoms with van der Waals surface area (Å²) in [7, 11) is 1.63. The van der Waals surface area contributed by atoms with E-state index in [1.54, 1.807) is 19.5 Å². The zero-order valence-electron chi connectivity index (χ0n) is 13.5. The molecule has 132 valence electrons. The lowest BCUT2D eigenvalue weighted by Gasteiger charge is -2.07. The van der Waals surface area contributed by atoms with Crippen molar-refractivity contribution in [1.29, 1.82) is 0 Å². The van der Waals surface area contributed by atoms with E-state index >= 15 is 0 Å². The Kier molecular flexibility index (Phi) is 10.8. The predicted octanol–water partition coefficient (Wildman–Crippen LogP) is 3.07. The molecule has 0 saturated carbocycles. The Morgan fingerprint density at radius 3 is 2.46 bits per heavy atom. The van der Waals surface area contributed by atoms with E-state index in [4.69, 9.17) is 10.5 Å². The van der Waals surface area contributed by atoms with Gasteiger partial charge in [-0.3, -0.25) is 9.78 Å². The Balaban J connectivity index is 0.00000264. The second-order valence-corrected chi connectivity index (χ2v) is 4.94. The minimum absolute atomic E-state index is 0. The monoisotopic (exact) mass is 371 g/mol. The van der Waals surface area contributed by atoms with Crippen molar-refractivity contribution in [1.82, 2.24) is 10.3 Å². The van der Waals surface area contributed by atoms with E-state index in [9.17, 15) is 4.79 Å². The number of carbonyl (C=O) groups is 1. The number of methoxy groups -OCH3 is 1. The smallest absolute Gasteiger partial charge is 0.252 e. The van der Waals surface area contributed by atoms with E-state index in [2.05, 4.69) is 10.3 Å². The third-order valence-electron chi connectivity index (χ3n) is 3.34. The first-order valence-electron chi connectivity index (χ1n) is 7.32. The number of ether oxygens (including phenoxy) is 1. The summed E-state index contributed by atoms with van der Waals surface area (Å²) >= 11 is 0. The van der Waals surface area contributed by atoms with Gasteiger partial charge in [0.25, 0.3) is 5.91 Å². The molecule has 0 aliphatic carbocycles. The number of nitrogens with two attached hydrogens (primary N) is 1. The van der Waals surface area contributed by atoms with Crippen LogP contribution in [0, 0.1) is 0 Å². The maximum atomic E-state index is 12.1. The van der Waals surface area contributed by atoms with Crippen LogP contribution in [0.4, 0.5) is 0 Å². The molecule has 24 heavy (non-hydrogen) atoms. The number of benzene rings is 1. The molecule has 0 aliphatic rings. The van der Waals surface area contributed by atoms with Gasteiger partial charge in [0.15, 0.2) is 0 Å². The lowest BCUT2D eigenvalue weighted by Crippen LogP contribution is -2.25. The molecule has 1 aromatic heterocycles. The van der Waals surface area contributed by atoms with Gasteiger partial charge < -0.3 is 15.8 Å². The number of unbranched alkanes of at least 4 members (excludes halogenated alkanes) is 1. The summed E-state index contributed by atoms with van der Waals surface area (Å²) in [6, 6.07) is 9.49. The fraction of sp³-hybridized carbons (Fsp3) is 0.294. The quantitative estimate of drug-likeness (QED) is 0.733. The highest BCUT2D eigenvalue weighted by molar-refractivity contribution is 5.95. The summed E-state index contributed by atoms with van der Waals surface area (Å²) in [6.07, 6.45) is 5.11. The molecule has 0 saturated heterocycles. The number of carbonyl (C=O) groups excluding carboxylic acids is 1. The summed E-state index contributed by atoms with van der Waals surface area (Å²) in [6.45, 7) is 1.27. The first-order valence-corrected chi connectivity index (χ1v) is 7.32. The van der Waals surface area contributed by atoms with Crippen LogP contribution in [0.15, 0.2) is 42.7 Å². The van der Waals surface area contributed by atoms with E-state index in [0.717, 1.165) is 29.7 Å². The Bertz CT molecular complexity index is 621. The third kappa shape index (κ3) is 6.35. The molecule has 2 aromatic rings. The molecule has 1 aromatic carbocycles. The summed E-state index contributed by atoms with van der Waals surface area (Å²) in [5, 5.41) is 2.88. The lowest BCUT2D eigenvalue weighted by atomic mass is 10.1. The molecule has 7 heteroatoms. The first kappa shape index (κ1) is 22.2. The molecule has 0 fully saturated rings. The lowest BCUT2D eigenvalue weighted by molar-refractivity contribution is 0.0952. The molecule has 0 bridgehead atoms. The number of nitrogens with zero attached hydrogens (tertiary/aromatic N) is 1. The van der Waals surface area contributed by atoms with Crippen molar-refractivity contribution < 1.29 is 9.53 Å². The number of nitrogens with one attached hydrogen (secondary N) is 1. The van der Waals surface area contributed by atoms with Gasteiger partial charge in [0.2, 0.25) is 0 Å². The van der Waals surface area contributed by atoms with Gasteiger partial charge in [-0.25, -0.2) is 0 Å². The molecular formula is C17H23Cl2N3O2. The van der Waals surface area contributed by atoms with Gasteiger partial charge in [0, 0.05) is 24.5 Å². The fourth-order valence-corrected chi connectivity index (χ4v) is 2.08. The van der Waals surface area contributed by atoms with Crippen molar-refractivity contribution in [3.05, 3.63) is 48.3 Å². The van der Waals surface area contributed by atoms with Crippen LogP contribution >= 0.6 is 24.8 Å². The highest BCUT2D eigenvalue weighted by atomic mass is 35.5. The molecule has 1 amide bonds. The van der Waals surface area contributed by atoms with Gasteiger partial charge >= 0.3 is 0 Å². The number of pyridine rings is 1. The maximum Gasteiger partial charge on any atom is 0.252 e. The van der Waals surface area contributed by atoms with E-state index in [1.165, 1.54) is 0 Å². The molecular weight excluding hydrogens is 349 g/mol.